The number of carbonyl (C=O) groups excluding carboxylic acids is 2. The third-order valence-electron chi connectivity index (χ3n) is 4.13. The molecular formula is C17H23N3O4. The molecule has 1 aliphatic rings. The number of aromatic hydroxyl groups is 1. The zero-order valence-corrected chi connectivity index (χ0v) is 14.3. The number of anilines is 1. The summed E-state index contributed by atoms with van der Waals surface area (Å²) >= 11 is 0. The molecule has 24 heavy (non-hydrogen) atoms. The Kier molecular flexibility index (Phi) is 5.33. The molecule has 1 aromatic carbocycles. The van der Waals surface area contributed by atoms with E-state index in [9.17, 15) is 14.7 Å². The van der Waals surface area contributed by atoms with Crippen LogP contribution in [0.1, 0.15) is 32.4 Å². The number of allylic oxidation sites excluding steroid dienone is 1. The Morgan fingerprint density at radius 3 is 2.54 bits per heavy atom. The molecule has 0 saturated heterocycles. The fourth-order valence-corrected chi connectivity index (χ4v) is 2.87. The number of esters is 1. The fourth-order valence-electron chi connectivity index (χ4n) is 2.87. The summed E-state index contributed by atoms with van der Waals surface area (Å²) < 4.78 is 4.81. The van der Waals surface area contributed by atoms with Crippen LogP contribution in [0.2, 0.25) is 0 Å². The standard InChI is InChI=1S/C17H23N3O4/c1-5-20(6-2)11-7-8-12(13(21)9-11)15-14(16(22)24-4)10(3)18-17(23)19-15/h7-9,15,21H,5-6H2,1-4H3,(H2,18,19,23). The fraction of sp³-hybridized carbons (Fsp3) is 0.412. The molecule has 7 heteroatoms. The van der Waals surface area contributed by atoms with E-state index in [4.69, 9.17) is 4.74 Å². The Morgan fingerprint density at radius 1 is 1.33 bits per heavy atom. The number of carbonyl (C=O) groups is 2. The van der Waals surface area contributed by atoms with Crippen molar-refractivity contribution in [2.75, 3.05) is 25.1 Å². The minimum Gasteiger partial charge on any atom is -0.507 e. The summed E-state index contributed by atoms with van der Waals surface area (Å²) in [4.78, 5) is 26.0. The van der Waals surface area contributed by atoms with Crippen LogP contribution >= 0.6 is 0 Å². The van der Waals surface area contributed by atoms with Gasteiger partial charge in [0.2, 0.25) is 0 Å². The number of urea groups is 1. The van der Waals surface area contributed by atoms with Crippen LogP contribution in [0.25, 0.3) is 0 Å². The van der Waals surface area contributed by atoms with Crippen molar-refractivity contribution in [1.82, 2.24) is 10.6 Å². The molecule has 1 aromatic rings. The van der Waals surface area contributed by atoms with Crippen molar-refractivity contribution in [3.05, 3.63) is 35.0 Å². The summed E-state index contributed by atoms with van der Waals surface area (Å²) in [6.07, 6.45) is 0. The van der Waals surface area contributed by atoms with Gasteiger partial charge in [0.25, 0.3) is 0 Å². The summed E-state index contributed by atoms with van der Waals surface area (Å²) in [7, 11) is 1.28. The molecule has 2 amide bonds. The highest BCUT2D eigenvalue weighted by Gasteiger charge is 2.33. The number of nitrogens with one attached hydrogen (secondary N) is 2. The molecule has 130 valence electrons. The average molecular weight is 333 g/mol. The van der Waals surface area contributed by atoms with Crippen LogP contribution in [0.4, 0.5) is 10.5 Å². The summed E-state index contributed by atoms with van der Waals surface area (Å²) in [5.41, 5.74) is 1.99. The lowest BCUT2D eigenvalue weighted by Crippen LogP contribution is -2.45. The predicted octanol–water partition coefficient (Wildman–Crippen LogP) is 2.04. The summed E-state index contributed by atoms with van der Waals surface area (Å²) in [6, 6.07) is 4.02. The van der Waals surface area contributed by atoms with Gasteiger partial charge >= 0.3 is 12.0 Å². The van der Waals surface area contributed by atoms with Gasteiger partial charge in [0.15, 0.2) is 0 Å². The second kappa shape index (κ2) is 7.25. The SMILES string of the molecule is CCN(CC)c1ccc(C2NC(=O)NC(C)=C2C(=O)OC)c(O)c1. The molecule has 2 rings (SSSR count). The molecule has 1 aliphatic heterocycles. The molecule has 0 spiro atoms. The largest absolute Gasteiger partial charge is 0.507 e. The van der Waals surface area contributed by atoms with E-state index in [1.807, 2.05) is 19.9 Å². The number of amides is 2. The summed E-state index contributed by atoms with van der Waals surface area (Å²) in [6.45, 7) is 7.31. The first-order chi connectivity index (χ1) is 11.4. The Balaban J connectivity index is 2.47. The van der Waals surface area contributed by atoms with Gasteiger partial charge in [-0.25, -0.2) is 9.59 Å². The normalized spacial score (nSPS) is 17.2. The van der Waals surface area contributed by atoms with E-state index in [-0.39, 0.29) is 11.3 Å². The quantitative estimate of drug-likeness (QED) is 0.717. The van der Waals surface area contributed by atoms with Gasteiger partial charge in [0.1, 0.15) is 5.75 Å². The average Bonchev–Trinajstić information content (AvgIpc) is 2.55. The number of hydrogen-bond acceptors (Lipinski definition) is 5. The van der Waals surface area contributed by atoms with E-state index in [1.165, 1.54) is 7.11 Å². The van der Waals surface area contributed by atoms with Gasteiger partial charge in [0.05, 0.1) is 18.7 Å². The molecule has 0 bridgehead atoms. The minimum absolute atomic E-state index is 0.0146. The van der Waals surface area contributed by atoms with Crippen molar-refractivity contribution in [2.45, 2.75) is 26.8 Å². The van der Waals surface area contributed by atoms with Gasteiger partial charge < -0.3 is 25.4 Å². The van der Waals surface area contributed by atoms with E-state index in [1.54, 1.807) is 19.1 Å². The van der Waals surface area contributed by atoms with Crippen LogP contribution in [0.5, 0.6) is 5.75 Å². The number of methoxy groups -OCH3 is 1. The maximum absolute atomic E-state index is 12.1. The molecule has 1 heterocycles. The van der Waals surface area contributed by atoms with Crippen molar-refractivity contribution in [3.8, 4) is 5.75 Å². The Labute approximate surface area is 141 Å². The van der Waals surface area contributed by atoms with E-state index in [0.717, 1.165) is 18.8 Å². The third kappa shape index (κ3) is 3.29. The van der Waals surface area contributed by atoms with Gasteiger partial charge in [-0.2, -0.15) is 0 Å². The smallest absolute Gasteiger partial charge is 0.337 e. The number of rotatable bonds is 5. The number of nitrogens with zero attached hydrogens (tertiary/aromatic N) is 1. The van der Waals surface area contributed by atoms with Crippen molar-refractivity contribution in [3.63, 3.8) is 0 Å². The highest BCUT2D eigenvalue weighted by molar-refractivity contribution is 5.95. The first-order valence-electron chi connectivity index (χ1n) is 7.87. The van der Waals surface area contributed by atoms with Gasteiger partial charge in [-0.1, -0.05) is 6.07 Å². The number of ether oxygens (including phenoxy) is 1. The van der Waals surface area contributed by atoms with Crippen molar-refractivity contribution in [2.24, 2.45) is 0 Å². The zero-order chi connectivity index (χ0) is 17.9. The highest BCUT2D eigenvalue weighted by Crippen LogP contribution is 2.35. The molecule has 1 atom stereocenters. The maximum Gasteiger partial charge on any atom is 0.337 e. The number of benzene rings is 1. The van der Waals surface area contributed by atoms with Crippen molar-refractivity contribution >= 4 is 17.7 Å². The Hall–Kier alpha value is -2.70. The lowest BCUT2D eigenvalue weighted by atomic mass is 9.94. The molecular weight excluding hydrogens is 310 g/mol. The van der Waals surface area contributed by atoms with Crippen LogP contribution < -0.4 is 15.5 Å². The predicted molar refractivity (Wildman–Crippen MR) is 90.8 cm³/mol. The van der Waals surface area contributed by atoms with Crippen LogP contribution in [-0.4, -0.2) is 37.3 Å². The number of hydrogen-bond donors (Lipinski definition) is 3. The van der Waals surface area contributed by atoms with Crippen LogP contribution in [-0.2, 0) is 9.53 Å². The Bertz CT molecular complexity index is 680. The first-order valence-corrected chi connectivity index (χ1v) is 7.87. The highest BCUT2D eigenvalue weighted by atomic mass is 16.5. The van der Waals surface area contributed by atoms with Gasteiger partial charge in [-0.3, -0.25) is 0 Å². The van der Waals surface area contributed by atoms with Crippen molar-refractivity contribution in [1.29, 1.82) is 0 Å². The van der Waals surface area contributed by atoms with Gasteiger partial charge in [-0.15, -0.1) is 0 Å². The molecule has 0 aliphatic carbocycles. The summed E-state index contributed by atoms with van der Waals surface area (Å²) in [5, 5.41) is 15.7. The van der Waals surface area contributed by atoms with Gasteiger partial charge in [-0.05, 0) is 26.8 Å². The lowest BCUT2D eigenvalue weighted by Gasteiger charge is -2.29. The zero-order valence-electron chi connectivity index (χ0n) is 14.3. The monoisotopic (exact) mass is 333 g/mol. The van der Waals surface area contributed by atoms with Crippen molar-refractivity contribution < 1.29 is 19.4 Å². The number of phenolic OH excluding ortho intramolecular Hbond substituents is 1. The van der Waals surface area contributed by atoms with E-state index in [0.29, 0.717) is 11.3 Å². The lowest BCUT2D eigenvalue weighted by molar-refractivity contribution is -0.136. The number of phenols is 1. The second-order valence-corrected chi connectivity index (χ2v) is 5.48. The van der Waals surface area contributed by atoms with Crippen LogP contribution in [0.3, 0.4) is 0 Å². The molecule has 1 unspecified atom stereocenters. The maximum atomic E-state index is 12.1. The Morgan fingerprint density at radius 2 is 2.00 bits per heavy atom. The summed E-state index contributed by atoms with van der Waals surface area (Å²) in [5.74, 6) is -0.543. The third-order valence-corrected chi connectivity index (χ3v) is 4.13. The van der Waals surface area contributed by atoms with Crippen LogP contribution in [0.15, 0.2) is 29.5 Å². The second-order valence-electron chi connectivity index (χ2n) is 5.48. The topological polar surface area (TPSA) is 90.9 Å². The molecule has 7 nitrogen and oxygen atoms in total. The molecule has 0 saturated carbocycles. The first kappa shape index (κ1) is 17.7. The van der Waals surface area contributed by atoms with Gasteiger partial charge in [0, 0.05) is 36.1 Å². The molecule has 0 fully saturated rings. The van der Waals surface area contributed by atoms with E-state index < -0.39 is 18.0 Å². The molecule has 3 N–H and O–H groups in total. The molecule has 0 radical (unpaired) electrons. The van der Waals surface area contributed by atoms with E-state index >= 15 is 0 Å². The van der Waals surface area contributed by atoms with E-state index in [2.05, 4.69) is 15.5 Å². The molecule has 0 aromatic heterocycles. The minimum atomic E-state index is -0.767. The van der Waals surface area contributed by atoms with Crippen LogP contribution in [0, 0.1) is 0 Å².